The summed E-state index contributed by atoms with van der Waals surface area (Å²) in [6, 6.07) is 0.586. The first-order valence-electron chi connectivity index (χ1n) is 9.04. The van der Waals surface area contributed by atoms with Gasteiger partial charge in [-0.1, -0.05) is 0 Å². The standard InChI is InChI=1S/C14H26N2O3S.C2HF3O2/c1-11(2)16-7-6-14(10-16)9-12(5-8-19-14)15-20(17,18)13-3-4-13;3-2(4,5)1(6)7/h11-13,15H,3-10H2,1-2H3;(H,6,7)/t12-,14+;/m0./s1. The highest BCUT2D eigenvalue weighted by atomic mass is 32.2. The van der Waals surface area contributed by atoms with Crippen LogP contribution >= 0.6 is 0 Å². The molecule has 11 heteroatoms. The van der Waals surface area contributed by atoms with Crippen molar-refractivity contribution in [2.24, 2.45) is 0 Å². The van der Waals surface area contributed by atoms with Crippen LogP contribution in [0.4, 0.5) is 13.2 Å². The molecule has 0 aromatic heterocycles. The van der Waals surface area contributed by atoms with Gasteiger partial charge in [0.15, 0.2) is 0 Å². The monoisotopic (exact) mass is 416 g/mol. The zero-order valence-corrected chi connectivity index (χ0v) is 16.3. The Labute approximate surface area is 157 Å². The third-order valence-electron chi connectivity index (χ3n) is 5.11. The van der Waals surface area contributed by atoms with E-state index in [2.05, 4.69) is 23.5 Å². The van der Waals surface area contributed by atoms with Gasteiger partial charge in [0, 0.05) is 31.8 Å². The number of carbonyl (C=O) groups is 1. The maximum Gasteiger partial charge on any atom is 0.490 e. The van der Waals surface area contributed by atoms with E-state index in [1.54, 1.807) is 0 Å². The number of ether oxygens (including phenoxy) is 1. The van der Waals surface area contributed by atoms with Crippen LogP contribution in [0.3, 0.4) is 0 Å². The highest BCUT2D eigenvalue weighted by Crippen LogP contribution is 2.36. The Hall–Kier alpha value is -0.910. The van der Waals surface area contributed by atoms with Gasteiger partial charge in [-0.3, -0.25) is 4.90 Å². The number of nitrogens with one attached hydrogen (secondary N) is 1. The number of aliphatic carboxylic acids is 1. The van der Waals surface area contributed by atoms with Gasteiger partial charge < -0.3 is 9.84 Å². The SMILES string of the molecule is CC(C)N1CC[C@@]2(C[C@@H](NS(=O)(=O)C3CC3)CCO2)C1.O=C(O)C(F)(F)F. The molecule has 27 heavy (non-hydrogen) atoms. The molecular formula is C16H27F3N2O5S. The van der Waals surface area contributed by atoms with Crippen LogP contribution in [-0.4, -0.2) is 73.2 Å². The molecule has 0 amide bonds. The molecule has 3 rings (SSSR count). The van der Waals surface area contributed by atoms with Crippen molar-refractivity contribution in [3.05, 3.63) is 0 Å². The summed E-state index contributed by atoms with van der Waals surface area (Å²) in [4.78, 5) is 11.3. The largest absolute Gasteiger partial charge is 0.490 e. The average Bonchev–Trinajstić information content (AvgIpc) is 3.31. The highest BCUT2D eigenvalue weighted by molar-refractivity contribution is 7.90. The van der Waals surface area contributed by atoms with Crippen molar-refractivity contribution < 1.29 is 36.2 Å². The van der Waals surface area contributed by atoms with Gasteiger partial charge in [-0.25, -0.2) is 17.9 Å². The van der Waals surface area contributed by atoms with Gasteiger partial charge >= 0.3 is 12.1 Å². The van der Waals surface area contributed by atoms with Crippen LogP contribution < -0.4 is 4.72 Å². The number of hydrogen-bond donors (Lipinski definition) is 2. The lowest BCUT2D eigenvalue weighted by molar-refractivity contribution is -0.192. The van der Waals surface area contributed by atoms with Crippen molar-refractivity contribution in [3.63, 3.8) is 0 Å². The van der Waals surface area contributed by atoms with Gasteiger partial charge in [0.1, 0.15) is 0 Å². The van der Waals surface area contributed by atoms with E-state index in [0.29, 0.717) is 12.6 Å². The molecule has 0 aromatic carbocycles. The fourth-order valence-electron chi connectivity index (χ4n) is 3.44. The average molecular weight is 416 g/mol. The topological polar surface area (TPSA) is 95.9 Å². The quantitative estimate of drug-likeness (QED) is 0.725. The number of carboxylic acid groups (broad SMARTS) is 1. The minimum Gasteiger partial charge on any atom is -0.475 e. The van der Waals surface area contributed by atoms with Crippen LogP contribution in [-0.2, 0) is 19.6 Å². The van der Waals surface area contributed by atoms with Crippen molar-refractivity contribution in [2.75, 3.05) is 19.7 Å². The molecule has 0 aromatic rings. The van der Waals surface area contributed by atoms with E-state index < -0.39 is 22.2 Å². The molecule has 2 atom stereocenters. The van der Waals surface area contributed by atoms with Gasteiger partial charge in [0.25, 0.3) is 0 Å². The maximum absolute atomic E-state index is 12.1. The normalized spacial score (nSPS) is 29.6. The van der Waals surface area contributed by atoms with Gasteiger partial charge in [0.2, 0.25) is 10.0 Å². The zero-order chi connectivity index (χ0) is 20.5. The summed E-state index contributed by atoms with van der Waals surface area (Å²) in [5.41, 5.74) is -0.126. The molecule has 3 aliphatic rings. The molecule has 2 N–H and O–H groups in total. The number of halogens is 3. The van der Waals surface area contributed by atoms with Gasteiger partial charge in [0.05, 0.1) is 10.9 Å². The third-order valence-corrected chi connectivity index (χ3v) is 7.12. The molecule has 0 bridgehead atoms. The lowest BCUT2D eigenvalue weighted by Gasteiger charge is -2.38. The van der Waals surface area contributed by atoms with Crippen LogP contribution in [0.1, 0.15) is 46.0 Å². The highest BCUT2D eigenvalue weighted by Gasteiger charge is 2.45. The number of hydrogen-bond acceptors (Lipinski definition) is 5. The van der Waals surface area contributed by atoms with Crippen molar-refractivity contribution in [3.8, 4) is 0 Å². The van der Waals surface area contributed by atoms with E-state index in [9.17, 15) is 21.6 Å². The van der Waals surface area contributed by atoms with E-state index in [0.717, 1.165) is 45.2 Å². The second kappa shape index (κ2) is 8.22. The Morgan fingerprint density at radius 1 is 1.30 bits per heavy atom. The Morgan fingerprint density at radius 3 is 2.33 bits per heavy atom. The number of carboxylic acids is 1. The lowest BCUT2D eigenvalue weighted by atomic mass is 9.90. The predicted octanol–water partition coefficient (Wildman–Crippen LogP) is 1.73. The molecule has 0 radical (unpaired) electrons. The Morgan fingerprint density at radius 2 is 1.89 bits per heavy atom. The molecular weight excluding hydrogens is 389 g/mol. The second-order valence-corrected chi connectivity index (χ2v) is 9.69. The molecule has 2 saturated heterocycles. The zero-order valence-electron chi connectivity index (χ0n) is 15.5. The van der Waals surface area contributed by atoms with Crippen molar-refractivity contribution in [1.29, 1.82) is 0 Å². The van der Waals surface area contributed by atoms with Crippen LogP contribution in [0.5, 0.6) is 0 Å². The summed E-state index contributed by atoms with van der Waals surface area (Å²) in [6.45, 7) is 7.07. The number of likely N-dealkylation sites (tertiary alicyclic amines) is 1. The minimum atomic E-state index is -5.08. The van der Waals surface area contributed by atoms with E-state index in [1.807, 2.05) is 0 Å². The number of alkyl halides is 3. The summed E-state index contributed by atoms with van der Waals surface area (Å²) in [7, 11) is -3.08. The number of nitrogens with zero attached hydrogens (tertiary/aromatic N) is 1. The van der Waals surface area contributed by atoms with Crippen LogP contribution in [0, 0.1) is 0 Å². The molecule has 7 nitrogen and oxygen atoms in total. The molecule has 0 unspecified atom stereocenters. The molecule has 1 spiro atoms. The summed E-state index contributed by atoms with van der Waals surface area (Å²) in [5.74, 6) is -2.76. The Kier molecular flexibility index (Phi) is 6.81. The van der Waals surface area contributed by atoms with Gasteiger partial charge in [-0.2, -0.15) is 13.2 Å². The van der Waals surface area contributed by atoms with E-state index in [-0.39, 0.29) is 16.9 Å². The first kappa shape index (κ1) is 22.4. The summed E-state index contributed by atoms with van der Waals surface area (Å²) < 4.78 is 64.9. The van der Waals surface area contributed by atoms with Crippen LogP contribution in [0.15, 0.2) is 0 Å². The molecule has 2 heterocycles. The summed E-state index contributed by atoms with van der Waals surface area (Å²) in [5, 5.41) is 7.00. The molecule has 1 aliphatic carbocycles. The molecule has 3 fully saturated rings. The van der Waals surface area contributed by atoms with Crippen LogP contribution in [0.25, 0.3) is 0 Å². The second-order valence-electron chi connectivity index (χ2n) is 7.70. The van der Waals surface area contributed by atoms with Crippen LogP contribution in [0.2, 0.25) is 0 Å². The minimum absolute atomic E-state index is 0.0569. The van der Waals surface area contributed by atoms with Crippen molar-refractivity contribution in [1.82, 2.24) is 9.62 Å². The van der Waals surface area contributed by atoms with Gasteiger partial charge in [-0.15, -0.1) is 0 Å². The maximum atomic E-state index is 12.1. The van der Waals surface area contributed by atoms with Gasteiger partial charge in [-0.05, 0) is 46.0 Å². The Bertz CT molecular complexity index is 636. The molecule has 158 valence electrons. The first-order chi connectivity index (χ1) is 12.3. The fraction of sp³-hybridized carbons (Fsp3) is 0.938. The van der Waals surface area contributed by atoms with Crippen molar-refractivity contribution in [2.45, 2.75) is 75.1 Å². The number of rotatable bonds is 4. The molecule has 1 saturated carbocycles. The first-order valence-corrected chi connectivity index (χ1v) is 10.6. The number of sulfonamides is 1. The van der Waals surface area contributed by atoms with E-state index >= 15 is 0 Å². The fourth-order valence-corrected chi connectivity index (χ4v) is 5.05. The third kappa shape index (κ3) is 6.30. The lowest BCUT2D eigenvalue weighted by Crippen LogP contribution is -2.50. The van der Waals surface area contributed by atoms with E-state index in [4.69, 9.17) is 14.6 Å². The smallest absolute Gasteiger partial charge is 0.475 e. The summed E-state index contributed by atoms with van der Waals surface area (Å²) >= 11 is 0. The predicted molar refractivity (Wildman–Crippen MR) is 91.8 cm³/mol. The van der Waals surface area contributed by atoms with Crippen molar-refractivity contribution >= 4 is 16.0 Å². The Balaban J connectivity index is 0.000000321. The van der Waals surface area contributed by atoms with E-state index in [1.165, 1.54) is 0 Å². The summed E-state index contributed by atoms with van der Waals surface area (Å²) in [6.07, 6.45) is -0.792. The molecule has 2 aliphatic heterocycles.